The normalized spacial score (nSPS) is 13.9. The molecule has 5 nitrogen and oxygen atoms in total. The summed E-state index contributed by atoms with van der Waals surface area (Å²) in [4.78, 5) is 26.7. The Bertz CT molecular complexity index is 820. The van der Waals surface area contributed by atoms with Crippen LogP contribution in [0.4, 0.5) is 20.6 Å². The van der Waals surface area contributed by atoms with Crippen LogP contribution in [0.1, 0.15) is 36.2 Å². The number of nitrogens with one attached hydrogen (secondary N) is 2. The third-order valence-electron chi connectivity index (χ3n) is 4.60. The number of urea groups is 1. The maximum Gasteiger partial charge on any atom is 0.326 e. The Morgan fingerprint density at radius 3 is 2.62 bits per heavy atom. The first kappa shape index (κ1) is 17.9. The first-order chi connectivity index (χ1) is 12.5. The summed E-state index contributed by atoms with van der Waals surface area (Å²) in [5.74, 6) is -0.469. The molecule has 1 aliphatic heterocycles. The summed E-state index contributed by atoms with van der Waals surface area (Å²) in [6.07, 6.45) is 1.48. The van der Waals surface area contributed by atoms with Gasteiger partial charge in [-0.25, -0.2) is 9.18 Å². The summed E-state index contributed by atoms with van der Waals surface area (Å²) >= 11 is 0. The van der Waals surface area contributed by atoms with Crippen molar-refractivity contribution < 1.29 is 14.0 Å². The van der Waals surface area contributed by atoms with Gasteiger partial charge in [0.25, 0.3) is 5.91 Å². The predicted octanol–water partition coefficient (Wildman–Crippen LogP) is 3.95. The monoisotopic (exact) mass is 355 g/mol. The van der Waals surface area contributed by atoms with Gasteiger partial charge in [-0.1, -0.05) is 13.0 Å². The molecule has 6 heteroatoms. The molecule has 136 valence electrons. The first-order valence-electron chi connectivity index (χ1n) is 8.76. The van der Waals surface area contributed by atoms with Crippen LogP contribution in [0.2, 0.25) is 0 Å². The zero-order valence-corrected chi connectivity index (χ0v) is 14.9. The Morgan fingerprint density at radius 1 is 1.19 bits per heavy atom. The number of carbonyl (C=O) groups excluding carboxylic acids is 2. The highest BCUT2D eigenvalue weighted by molar-refractivity contribution is 6.05. The van der Waals surface area contributed by atoms with Gasteiger partial charge in [0.15, 0.2) is 0 Å². The van der Waals surface area contributed by atoms with Gasteiger partial charge in [0.1, 0.15) is 5.82 Å². The molecule has 3 rings (SSSR count). The topological polar surface area (TPSA) is 61.4 Å². The molecule has 0 bridgehead atoms. The van der Waals surface area contributed by atoms with Crippen LogP contribution in [-0.2, 0) is 6.42 Å². The Labute approximate surface area is 152 Å². The van der Waals surface area contributed by atoms with Gasteiger partial charge in [-0.05, 0) is 61.7 Å². The lowest BCUT2D eigenvalue weighted by Gasteiger charge is -2.19. The number of rotatable bonds is 4. The van der Waals surface area contributed by atoms with E-state index in [4.69, 9.17) is 0 Å². The number of amides is 3. The van der Waals surface area contributed by atoms with E-state index in [9.17, 15) is 14.0 Å². The second-order valence-electron chi connectivity index (χ2n) is 6.42. The van der Waals surface area contributed by atoms with E-state index >= 15 is 0 Å². The Balaban J connectivity index is 1.79. The zero-order valence-electron chi connectivity index (χ0n) is 14.9. The van der Waals surface area contributed by atoms with E-state index in [0.29, 0.717) is 24.2 Å². The smallest absolute Gasteiger partial charge is 0.326 e. The minimum atomic E-state index is -0.355. The van der Waals surface area contributed by atoms with Crippen LogP contribution in [0, 0.1) is 5.82 Å². The molecule has 0 radical (unpaired) electrons. The molecule has 0 aromatic heterocycles. The maximum atomic E-state index is 13.0. The lowest BCUT2D eigenvalue weighted by molar-refractivity contribution is 0.0938. The molecule has 0 fully saturated rings. The van der Waals surface area contributed by atoms with Gasteiger partial charge < -0.3 is 10.6 Å². The van der Waals surface area contributed by atoms with Crippen molar-refractivity contribution >= 4 is 23.3 Å². The van der Waals surface area contributed by atoms with E-state index in [1.54, 1.807) is 17.0 Å². The molecule has 2 aromatic carbocycles. The second kappa shape index (κ2) is 7.56. The highest BCUT2D eigenvalue weighted by Gasteiger charge is 2.28. The van der Waals surface area contributed by atoms with Crippen molar-refractivity contribution in [2.75, 3.05) is 16.8 Å². The van der Waals surface area contributed by atoms with Gasteiger partial charge in [0.2, 0.25) is 0 Å². The predicted molar refractivity (Wildman–Crippen MR) is 100 cm³/mol. The lowest BCUT2D eigenvalue weighted by Crippen LogP contribution is -2.33. The molecule has 2 aromatic rings. The van der Waals surface area contributed by atoms with E-state index in [-0.39, 0.29) is 23.8 Å². The minimum absolute atomic E-state index is 0.0950. The summed E-state index contributed by atoms with van der Waals surface area (Å²) in [6.45, 7) is 4.47. The van der Waals surface area contributed by atoms with Gasteiger partial charge in [-0.2, -0.15) is 0 Å². The highest BCUT2D eigenvalue weighted by atomic mass is 19.1. The standard InChI is InChI=1S/C20H22FN3O2/c1-3-13(2)22-19(25)17-5-4-6-18-16(17)11-12-24(18)20(26)23-15-9-7-14(21)8-10-15/h4-10,13H,3,11-12H2,1-2H3,(H,22,25)(H,23,26). The first-order valence-corrected chi connectivity index (χ1v) is 8.76. The quantitative estimate of drug-likeness (QED) is 0.872. The summed E-state index contributed by atoms with van der Waals surface area (Å²) < 4.78 is 13.0. The van der Waals surface area contributed by atoms with Crippen LogP contribution in [0.3, 0.4) is 0 Å². The van der Waals surface area contributed by atoms with Crippen molar-refractivity contribution in [2.24, 2.45) is 0 Å². The van der Waals surface area contributed by atoms with Gasteiger partial charge >= 0.3 is 6.03 Å². The van der Waals surface area contributed by atoms with Crippen molar-refractivity contribution in [1.29, 1.82) is 0 Å². The van der Waals surface area contributed by atoms with E-state index in [1.807, 2.05) is 19.9 Å². The molecule has 1 aliphatic rings. The lowest BCUT2D eigenvalue weighted by atomic mass is 10.0. The number of halogens is 1. The minimum Gasteiger partial charge on any atom is -0.350 e. The van der Waals surface area contributed by atoms with Crippen LogP contribution in [0.5, 0.6) is 0 Å². The van der Waals surface area contributed by atoms with Crippen LogP contribution < -0.4 is 15.5 Å². The molecule has 3 amide bonds. The molecule has 2 N–H and O–H groups in total. The molecule has 0 spiro atoms. The number of fused-ring (bicyclic) bond motifs is 1. The van der Waals surface area contributed by atoms with Crippen LogP contribution >= 0.6 is 0 Å². The molecule has 1 atom stereocenters. The fourth-order valence-corrected chi connectivity index (χ4v) is 2.99. The largest absolute Gasteiger partial charge is 0.350 e. The number of hydrogen-bond donors (Lipinski definition) is 2. The highest BCUT2D eigenvalue weighted by Crippen LogP contribution is 2.31. The average Bonchev–Trinajstić information content (AvgIpc) is 3.07. The maximum absolute atomic E-state index is 13.0. The fraction of sp³-hybridized carbons (Fsp3) is 0.300. The number of nitrogens with zero attached hydrogens (tertiary/aromatic N) is 1. The van der Waals surface area contributed by atoms with Crippen molar-refractivity contribution in [2.45, 2.75) is 32.7 Å². The molecular weight excluding hydrogens is 333 g/mol. The number of carbonyl (C=O) groups is 2. The molecule has 1 unspecified atom stereocenters. The molecule has 26 heavy (non-hydrogen) atoms. The van der Waals surface area contributed by atoms with Gasteiger partial charge in [0.05, 0.1) is 0 Å². The van der Waals surface area contributed by atoms with Gasteiger partial charge in [0, 0.05) is 29.5 Å². The molecule has 1 heterocycles. The van der Waals surface area contributed by atoms with E-state index in [0.717, 1.165) is 17.7 Å². The van der Waals surface area contributed by atoms with E-state index in [1.165, 1.54) is 24.3 Å². The summed E-state index contributed by atoms with van der Waals surface area (Å²) in [6, 6.07) is 10.8. The van der Waals surface area contributed by atoms with Gasteiger partial charge in [-0.3, -0.25) is 9.69 Å². The van der Waals surface area contributed by atoms with Gasteiger partial charge in [-0.15, -0.1) is 0 Å². The summed E-state index contributed by atoms with van der Waals surface area (Å²) in [5.41, 5.74) is 2.75. The van der Waals surface area contributed by atoms with Crippen molar-refractivity contribution in [3.63, 3.8) is 0 Å². The molecule has 0 aliphatic carbocycles. The molecular formula is C20H22FN3O2. The van der Waals surface area contributed by atoms with Crippen molar-refractivity contribution in [3.05, 3.63) is 59.4 Å². The summed E-state index contributed by atoms with van der Waals surface area (Å²) in [5, 5.41) is 5.73. The average molecular weight is 355 g/mol. The van der Waals surface area contributed by atoms with Crippen LogP contribution in [0.25, 0.3) is 0 Å². The van der Waals surface area contributed by atoms with Crippen molar-refractivity contribution in [1.82, 2.24) is 5.32 Å². The van der Waals surface area contributed by atoms with E-state index in [2.05, 4.69) is 10.6 Å². The van der Waals surface area contributed by atoms with Crippen molar-refractivity contribution in [3.8, 4) is 0 Å². The number of benzene rings is 2. The second-order valence-corrected chi connectivity index (χ2v) is 6.42. The summed E-state index contributed by atoms with van der Waals surface area (Å²) in [7, 11) is 0. The molecule has 0 saturated heterocycles. The third kappa shape index (κ3) is 3.69. The fourth-order valence-electron chi connectivity index (χ4n) is 2.99. The zero-order chi connectivity index (χ0) is 18.7. The van der Waals surface area contributed by atoms with Crippen LogP contribution in [0.15, 0.2) is 42.5 Å². The number of hydrogen-bond acceptors (Lipinski definition) is 2. The Morgan fingerprint density at radius 2 is 1.92 bits per heavy atom. The molecule has 0 saturated carbocycles. The van der Waals surface area contributed by atoms with Crippen LogP contribution in [-0.4, -0.2) is 24.5 Å². The van der Waals surface area contributed by atoms with E-state index < -0.39 is 0 Å². The third-order valence-corrected chi connectivity index (χ3v) is 4.60. The SMILES string of the molecule is CCC(C)NC(=O)c1cccc2c1CCN2C(=O)Nc1ccc(F)cc1. The number of anilines is 2. The Hall–Kier alpha value is -2.89. The Kier molecular flexibility index (Phi) is 5.21.